The quantitative estimate of drug-likeness (QED) is 0.720. The maximum atomic E-state index is 12.4. The summed E-state index contributed by atoms with van der Waals surface area (Å²) in [5.41, 5.74) is -0.253. The van der Waals surface area contributed by atoms with E-state index >= 15 is 0 Å². The highest BCUT2D eigenvalue weighted by atomic mass is 79.9. The summed E-state index contributed by atoms with van der Waals surface area (Å²) >= 11 is 8.94. The van der Waals surface area contributed by atoms with Gasteiger partial charge >= 0.3 is 5.97 Å². The van der Waals surface area contributed by atoms with Crippen LogP contribution in [0.15, 0.2) is 21.5 Å². The minimum Gasteiger partial charge on any atom is -0.478 e. The van der Waals surface area contributed by atoms with E-state index in [2.05, 4.69) is 26.0 Å². The Balaban J connectivity index is 2.33. The first-order valence-corrected chi connectivity index (χ1v) is 8.92. The summed E-state index contributed by atoms with van der Waals surface area (Å²) in [6.45, 7) is 1.50. The molecule has 0 spiro atoms. The van der Waals surface area contributed by atoms with E-state index < -0.39 is 16.0 Å². The molecule has 2 rings (SSSR count). The van der Waals surface area contributed by atoms with Gasteiger partial charge in [0.25, 0.3) is 0 Å². The van der Waals surface area contributed by atoms with Crippen molar-refractivity contribution in [3.8, 4) is 0 Å². The minimum atomic E-state index is -3.78. The molecule has 0 unspecified atom stereocenters. The second-order valence-corrected chi connectivity index (χ2v) is 7.66. The van der Waals surface area contributed by atoms with Crippen molar-refractivity contribution in [2.75, 3.05) is 13.1 Å². The lowest BCUT2D eigenvalue weighted by Crippen LogP contribution is -2.42. The van der Waals surface area contributed by atoms with Gasteiger partial charge in [-0.25, -0.2) is 17.9 Å². The minimum absolute atomic E-state index is 0.0247. The van der Waals surface area contributed by atoms with Crippen molar-refractivity contribution in [3.63, 3.8) is 0 Å². The van der Waals surface area contributed by atoms with E-state index in [4.69, 9.17) is 16.7 Å². The SMILES string of the molecule is O=C(O)c1cc(S(=O)(=O)NC2CCNCC2)cc(Br)c1Cl. The zero-order chi connectivity index (χ0) is 15.6. The highest BCUT2D eigenvalue weighted by Crippen LogP contribution is 2.30. The average Bonchev–Trinajstić information content (AvgIpc) is 2.41. The first kappa shape index (κ1) is 16.7. The van der Waals surface area contributed by atoms with Gasteiger partial charge in [-0.15, -0.1) is 0 Å². The lowest BCUT2D eigenvalue weighted by Gasteiger charge is -2.23. The Morgan fingerprint density at radius 3 is 2.57 bits per heavy atom. The summed E-state index contributed by atoms with van der Waals surface area (Å²) in [6.07, 6.45) is 1.39. The van der Waals surface area contributed by atoms with Crippen LogP contribution in [-0.2, 0) is 10.0 Å². The van der Waals surface area contributed by atoms with E-state index in [1.54, 1.807) is 0 Å². The van der Waals surface area contributed by atoms with E-state index in [0.29, 0.717) is 12.8 Å². The molecular formula is C12H14BrClN2O4S. The van der Waals surface area contributed by atoms with Gasteiger partial charge in [-0.1, -0.05) is 11.6 Å². The van der Waals surface area contributed by atoms with Crippen molar-refractivity contribution >= 4 is 43.5 Å². The average molecular weight is 398 g/mol. The van der Waals surface area contributed by atoms with Gasteiger partial charge in [-0.05, 0) is 54.0 Å². The van der Waals surface area contributed by atoms with Crippen LogP contribution in [0.25, 0.3) is 0 Å². The Morgan fingerprint density at radius 2 is 2.00 bits per heavy atom. The smallest absolute Gasteiger partial charge is 0.337 e. The molecule has 1 aromatic rings. The van der Waals surface area contributed by atoms with Crippen LogP contribution >= 0.6 is 27.5 Å². The van der Waals surface area contributed by atoms with Gasteiger partial charge in [0, 0.05) is 10.5 Å². The first-order chi connectivity index (χ1) is 9.81. The summed E-state index contributed by atoms with van der Waals surface area (Å²) < 4.78 is 27.5. The predicted octanol–water partition coefficient (Wildman–Crippen LogP) is 1.83. The van der Waals surface area contributed by atoms with Gasteiger partial charge < -0.3 is 10.4 Å². The highest BCUT2D eigenvalue weighted by molar-refractivity contribution is 9.10. The number of hydrogen-bond donors (Lipinski definition) is 3. The maximum absolute atomic E-state index is 12.4. The molecule has 9 heteroatoms. The second-order valence-electron chi connectivity index (χ2n) is 4.72. The van der Waals surface area contributed by atoms with Gasteiger partial charge in [-0.2, -0.15) is 0 Å². The molecule has 116 valence electrons. The third-order valence-electron chi connectivity index (χ3n) is 3.20. The Bertz CT molecular complexity index is 659. The molecule has 1 aliphatic heterocycles. The zero-order valence-electron chi connectivity index (χ0n) is 10.9. The van der Waals surface area contributed by atoms with Crippen LogP contribution < -0.4 is 10.0 Å². The van der Waals surface area contributed by atoms with Gasteiger partial charge in [0.15, 0.2) is 0 Å². The van der Waals surface area contributed by atoms with Gasteiger partial charge in [0.05, 0.1) is 15.5 Å². The lowest BCUT2D eigenvalue weighted by atomic mass is 10.1. The summed E-state index contributed by atoms with van der Waals surface area (Å²) in [6, 6.07) is 2.22. The van der Waals surface area contributed by atoms with Crippen molar-refractivity contribution in [2.45, 2.75) is 23.8 Å². The lowest BCUT2D eigenvalue weighted by molar-refractivity contribution is 0.0696. The molecule has 21 heavy (non-hydrogen) atoms. The fourth-order valence-corrected chi connectivity index (χ4v) is 4.26. The summed E-state index contributed by atoms with van der Waals surface area (Å²) in [5, 5.41) is 12.2. The van der Waals surface area contributed by atoms with Crippen molar-refractivity contribution in [2.24, 2.45) is 0 Å². The Hall–Kier alpha value is -0.670. The second kappa shape index (κ2) is 6.62. The van der Waals surface area contributed by atoms with Crippen LogP contribution in [0, 0.1) is 0 Å². The fourth-order valence-electron chi connectivity index (χ4n) is 2.10. The molecule has 0 amide bonds. The molecule has 1 aliphatic rings. The van der Waals surface area contributed by atoms with Crippen molar-refractivity contribution < 1.29 is 18.3 Å². The number of aromatic carboxylic acids is 1. The normalized spacial score (nSPS) is 16.9. The van der Waals surface area contributed by atoms with Gasteiger partial charge in [-0.3, -0.25) is 0 Å². The molecule has 0 bridgehead atoms. The van der Waals surface area contributed by atoms with E-state index in [1.807, 2.05) is 0 Å². The molecule has 3 N–H and O–H groups in total. The van der Waals surface area contributed by atoms with Crippen LogP contribution in [0.4, 0.5) is 0 Å². The topological polar surface area (TPSA) is 95.5 Å². The largest absolute Gasteiger partial charge is 0.478 e. The molecule has 0 aliphatic carbocycles. The third kappa shape index (κ3) is 3.95. The van der Waals surface area contributed by atoms with Gasteiger partial charge in [0.2, 0.25) is 10.0 Å². The number of halogens is 2. The maximum Gasteiger partial charge on any atom is 0.337 e. The van der Waals surface area contributed by atoms with E-state index in [0.717, 1.165) is 19.2 Å². The number of carboxylic acid groups (broad SMARTS) is 1. The number of sulfonamides is 1. The van der Waals surface area contributed by atoms with Crippen LogP contribution in [0.5, 0.6) is 0 Å². The van der Waals surface area contributed by atoms with Crippen LogP contribution in [0.3, 0.4) is 0 Å². The van der Waals surface area contributed by atoms with Crippen LogP contribution in [0.1, 0.15) is 23.2 Å². The first-order valence-electron chi connectivity index (χ1n) is 6.26. The number of rotatable bonds is 4. The molecule has 1 aromatic carbocycles. The van der Waals surface area contributed by atoms with Gasteiger partial charge in [0.1, 0.15) is 0 Å². The summed E-state index contributed by atoms with van der Waals surface area (Å²) in [7, 11) is -3.78. The third-order valence-corrected chi connectivity index (χ3v) is 5.96. The predicted molar refractivity (Wildman–Crippen MR) is 82.3 cm³/mol. The van der Waals surface area contributed by atoms with E-state index in [9.17, 15) is 13.2 Å². The van der Waals surface area contributed by atoms with Crippen molar-refractivity contribution in [1.82, 2.24) is 10.0 Å². The Morgan fingerprint density at radius 1 is 1.38 bits per heavy atom. The van der Waals surface area contributed by atoms with Crippen molar-refractivity contribution in [1.29, 1.82) is 0 Å². The standard InChI is InChI=1S/C12H14BrClN2O4S/c13-10-6-8(5-9(11(10)14)12(17)18)21(19,20)16-7-1-3-15-4-2-7/h5-7,15-16H,1-4H2,(H,17,18). The Labute approximate surface area is 136 Å². The molecule has 1 fully saturated rings. The van der Waals surface area contributed by atoms with Crippen LogP contribution in [0.2, 0.25) is 5.02 Å². The number of carboxylic acids is 1. The number of piperidine rings is 1. The number of carbonyl (C=O) groups is 1. The molecular weight excluding hydrogens is 384 g/mol. The molecule has 1 heterocycles. The van der Waals surface area contributed by atoms with E-state index in [-0.39, 0.29) is 26.0 Å². The number of nitrogens with one attached hydrogen (secondary N) is 2. The molecule has 0 saturated carbocycles. The summed E-state index contributed by atoms with van der Waals surface area (Å²) in [4.78, 5) is 11.0. The monoisotopic (exact) mass is 396 g/mol. The molecule has 0 atom stereocenters. The Kier molecular flexibility index (Phi) is 5.26. The number of benzene rings is 1. The highest BCUT2D eigenvalue weighted by Gasteiger charge is 2.24. The number of hydrogen-bond acceptors (Lipinski definition) is 4. The van der Waals surface area contributed by atoms with Crippen LogP contribution in [-0.4, -0.2) is 38.6 Å². The van der Waals surface area contributed by atoms with E-state index in [1.165, 1.54) is 6.07 Å². The van der Waals surface area contributed by atoms with Crippen molar-refractivity contribution in [3.05, 3.63) is 27.2 Å². The molecule has 6 nitrogen and oxygen atoms in total. The molecule has 0 radical (unpaired) electrons. The molecule has 1 saturated heterocycles. The zero-order valence-corrected chi connectivity index (χ0v) is 14.1. The summed E-state index contributed by atoms with van der Waals surface area (Å²) in [5.74, 6) is -1.28. The fraction of sp³-hybridized carbons (Fsp3) is 0.417. The molecule has 0 aromatic heterocycles.